The van der Waals surface area contributed by atoms with Crippen molar-refractivity contribution in [1.29, 1.82) is 0 Å². The summed E-state index contributed by atoms with van der Waals surface area (Å²) in [5.41, 5.74) is 4.07. The van der Waals surface area contributed by atoms with Gasteiger partial charge in [0.1, 0.15) is 11.3 Å². The fraction of sp³-hybridized carbons (Fsp3) is 0.429. The van der Waals surface area contributed by atoms with E-state index in [1.807, 2.05) is 13.8 Å². The minimum atomic E-state index is -4.80. The van der Waals surface area contributed by atoms with Crippen LogP contribution in [0.5, 0.6) is 0 Å². The predicted octanol–water partition coefficient (Wildman–Crippen LogP) is 4.47. The summed E-state index contributed by atoms with van der Waals surface area (Å²) in [6.07, 6.45) is -3.57. The molecular weight excluding hydrogens is 670 g/mol. The first kappa shape index (κ1) is 30.5. The van der Waals surface area contributed by atoms with Crippen LogP contribution < -0.4 is 16.3 Å². The van der Waals surface area contributed by atoms with Gasteiger partial charge >= 0.3 is 11.9 Å². The Morgan fingerprint density at radius 1 is 1.20 bits per heavy atom. The number of piperazine rings is 1. The van der Waals surface area contributed by atoms with E-state index >= 15 is 13.2 Å². The topological polar surface area (TPSA) is 131 Å². The van der Waals surface area contributed by atoms with Gasteiger partial charge in [-0.2, -0.15) is 18.2 Å². The van der Waals surface area contributed by atoms with Gasteiger partial charge in [-0.15, -0.1) is 23.1 Å². The quantitative estimate of drug-likeness (QED) is 0.309. The van der Waals surface area contributed by atoms with Crippen LogP contribution in [0.15, 0.2) is 33.8 Å². The van der Waals surface area contributed by atoms with Crippen LogP contribution >= 0.6 is 34.4 Å². The molecule has 238 valence electrons. The molecule has 2 atom stereocenters. The molecule has 45 heavy (non-hydrogen) atoms. The standard InChI is InChI=1S/C28H27F3N6O4S4/c1-4-18(38)37-13(2)6-35(7-14(37)3)24-15-5-16(28(29,30)31)19(22-20-17(8-42-22)44-25(32)33-20)23-21(15)36(26(39)34-24)9-27(10-43-23)11-45(40,41)12-27/h4-5,8,13-14H,1,6-7,9-12H2,2-3H3,(H2,32,33)/t13-,14+. The second-order valence-electron chi connectivity index (χ2n) is 12.0. The number of benzene rings is 1. The lowest BCUT2D eigenvalue weighted by atomic mass is 9.94. The summed E-state index contributed by atoms with van der Waals surface area (Å²) in [6.45, 7) is 7.69. The number of carbonyl (C=O) groups excluding carboxylic acids is 1. The lowest BCUT2D eigenvalue weighted by molar-refractivity contribution is -0.137. The zero-order chi connectivity index (χ0) is 32.2. The zero-order valence-corrected chi connectivity index (χ0v) is 27.3. The number of fused-ring (bicyclic) bond motifs is 1. The Kier molecular flexibility index (Phi) is 6.90. The largest absolute Gasteiger partial charge is 0.417 e. The van der Waals surface area contributed by atoms with Crippen LogP contribution in [0, 0.1) is 5.41 Å². The summed E-state index contributed by atoms with van der Waals surface area (Å²) in [7, 11) is -3.33. The van der Waals surface area contributed by atoms with Crippen LogP contribution in [0.4, 0.5) is 24.1 Å². The first-order chi connectivity index (χ1) is 21.1. The van der Waals surface area contributed by atoms with Gasteiger partial charge in [0.2, 0.25) is 5.91 Å². The number of halogens is 3. The molecule has 17 heteroatoms. The molecule has 6 heterocycles. The van der Waals surface area contributed by atoms with Gasteiger partial charge < -0.3 is 15.5 Å². The minimum absolute atomic E-state index is 0.0115. The Balaban J connectivity index is 1.52. The maximum absolute atomic E-state index is 15.1. The summed E-state index contributed by atoms with van der Waals surface area (Å²) in [4.78, 5) is 39.1. The van der Waals surface area contributed by atoms with Crippen LogP contribution in [0.25, 0.3) is 31.6 Å². The van der Waals surface area contributed by atoms with E-state index in [-0.39, 0.29) is 92.1 Å². The molecule has 1 spiro atoms. The van der Waals surface area contributed by atoms with Crippen LogP contribution in [0.3, 0.4) is 0 Å². The minimum Gasteiger partial charge on any atom is -0.375 e. The monoisotopic (exact) mass is 696 g/mol. The summed E-state index contributed by atoms with van der Waals surface area (Å²) < 4.78 is 72.1. The number of thioether (sulfide) groups is 1. The van der Waals surface area contributed by atoms with Crippen molar-refractivity contribution < 1.29 is 26.4 Å². The number of hydrogen-bond acceptors (Lipinski definition) is 11. The molecule has 2 fully saturated rings. The van der Waals surface area contributed by atoms with Crippen molar-refractivity contribution in [2.75, 3.05) is 41.0 Å². The van der Waals surface area contributed by atoms with E-state index in [9.17, 15) is 18.0 Å². The third-order valence-corrected chi connectivity index (χ3v) is 14.1. The lowest BCUT2D eigenvalue weighted by Crippen LogP contribution is -2.59. The fourth-order valence-electron chi connectivity index (χ4n) is 7.01. The molecule has 7 rings (SSSR count). The van der Waals surface area contributed by atoms with Crippen molar-refractivity contribution in [2.45, 2.75) is 43.5 Å². The average Bonchev–Trinajstić information content (AvgIpc) is 3.43. The molecular formula is C28H27F3N6O4S4. The number of nitrogens with two attached hydrogens (primary N) is 1. The Morgan fingerprint density at radius 3 is 2.51 bits per heavy atom. The van der Waals surface area contributed by atoms with Crippen molar-refractivity contribution in [3.8, 4) is 10.4 Å². The number of sulfone groups is 1. The highest BCUT2D eigenvalue weighted by atomic mass is 32.2. The molecule has 0 unspecified atom stereocenters. The van der Waals surface area contributed by atoms with E-state index < -0.39 is 32.7 Å². The number of carbonyl (C=O) groups is 1. The van der Waals surface area contributed by atoms with Gasteiger partial charge in [0, 0.05) is 64.1 Å². The number of rotatable bonds is 3. The van der Waals surface area contributed by atoms with Crippen LogP contribution in [0.2, 0.25) is 0 Å². The zero-order valence-electron chi connectivity index (χ0n) is 24.0. The Hall–Kier alpha value is -3.15. The molecule has 3 aromatic heterocycles. The van der Waals surface area contributed by atoms with E-state index in [4.69, 9.17) is 5.73 Å². The molecule has 0 bridgehead atoms. The second-order valence-corrected chi connectivity index (χ2v) is 17.0. The van der Waals surface area contributed by atoms with Crippen molar-refractivity contribution in [1.82, 2.24) is 19.4 Å². The lowest BCUT2D eigenvalue weighted by Gasteiger charge is -2.44. The molecule has 0 aliphatic carbocycles. The normalized spacial score (nSPS) is 22.5. The van der Waals surface area contributed by atoms with Gasteiger partial charge in [0.25, 0.3) is 0 Å². The maximum Gasteiger partial charge on any atom is 0.417 e. The van der Waals surface area contributed by atoms with Crippen LogP contribution in [-0.2, 0) is 27.4 Å². The van der Waals surface area contributed by atoms with Gasteiger partial charge in [-0.25, -0.2) is 18.2 Å². The summed E-state index contributed by atoms with van der Waals surface area (Å²) >= 11 is 3.44. The van der Waals surface area contributed by atoms with Crippen LogP contribution in [0.1, 0.15) is 19.4 Å². The SMILES string of the molecule is C=CC(=O)N1[C@H](C)CN(c2nc(=O)n3c4c(c(-c5scc6sc(N)nc56)c(C(F)(F)F)cc24)SCC2(C3)CS(=O)(=O)C2)C[C@@H]1C. The smallest absolute Gasteiger partial charge is 0.375 e. The predicted molar refractivity (Wildman–Crippen MR) is 172 cm³/mol. The average molecular weight is 697 g/mol. The van der Waals surface area contributed by atoms with Gasteiger partial charge in [-0.05, 0) is 26.0 Å². The molecule has 3 aliphatic heterocycles. The number of amides is 1. The highest BCUT2D eigenvalue weighted by Crippen LogP contribution is 2.54. The van der Waals surface area contributed by atoms with Gasteiger partial charge in [-0.1, -0.05) is 17.9 Å². The number of hydrogen-bond donors (Lipinski definition) is 1. The van der Waals surface area contributed by atoms with E-state index in [2.05, 4.69) is 16.5 Å². The first-order valence-electron chi connectivity index (χ1n) is 14.0. The fourth-order valence-corrected chi connectivity index (χ4v) is 12.9. The molecule has 2 saturated heterocycles. The van der Waals surface area contributed by atoms with Gasteiger partial charge in [-0.3, -0.25) is 9.36 Å². The molecule has 1 aromatic carbocycles. The summed E-state index contributed by atoms with van der Waals surface area (Å²) in [5, 5.41) is 2.08. The molecule has 3 aliphatic rings. The summed E-state index contributed by atoms with van der Waals surface area (Å²) in [6, 6.07) is 0.366. The Morgan fingerprint density at radius 2 is 1.89 bits per heavy atom. The molecule has 0 saturated carbocycles. The number of nitrogen functional groups attached to an aromatic ring is 1. The van der Waals surface area contributed by atoms with Crippen molar-refractivity contribution >= 4 is 82.2 Å². The number of anilines is 2. The molecule has 2 N–H and O–H groups in total. The van der Waals surface area contributed by atoms with E-state index in [1.54, 1.807) is 15.2 Å². The Bertz CT molecular complexity index is 2080. The first-order valence-corrected chi connectivity index (χ1v) is 18.5. The third-order valence-electron chi connectivity index (χ3n) is 8.62. The maximum atomic E-state index is 15.1. The van der Waals surface area contributed by atoms with Crippen molar-refractivity contribution in [3.05, 3.63) is 40.1 Å². The molecule has 10 nitrogen and oxygen atoms in total. The number of aromatic nitrogens is 3. The van der Waals surface area contributed by atoms with E-state index in [0.29, 0.717) is 10.2 Å². The molecule has 0 radical (unpaired) electrons. The third kappa shape index (κ3) is 4.84. The number of thiazole rings is 1. The Labute approximate surface area is 267 Å². The second kappa shape index (κ2) is 10.2. The highest BCUT2D eigenvalue weighted by Gasteiger charge is 2.51. The molecule has 1 amide bonds. The van der Waals surface area contributed by atoms with Crippen molar-refractivity contribution in [2.24, 2.45) is 5.41 Å². The van der Waals surface area contributed by atoms with Gasteiger partial charge in [0.15, 0.2) is 15.0 Å². The van der Waals surface area contributed by atoms with E-state index in [1.165, 1.54) is 22.0 Å². The number of nitrogens with zero attached hydrogens (tertiary/aromatic N) is 5. The van der Waals surface area contributed by atoms with Gasteiger partial charge in [0.05, 0.1) is 32.2 Å². The molecule has 4 aromatic rings. The number of alkyl halides is 3. The summed E-state index contributed by atoms with van der Waals surface area (Å²) in [5.74, 6) is -0.296. The van der Waals surface area contributed by atoms with Crippen molar-refractivity contribution in [3.63, 3.8) is 0 Å². The highest BCUT2D eigenvalue weighted by molar-refractivity contribution is 8.00. The van der Waals surface area contributed by atoms with E-state index in [0.717, 1.165) is 29.2 Å². The van der Waals surface area contributed by atoms with Crippen LogP contribution in [-0.4, -0.2) is 76.2 Å². The number of thiophene rings is 1.